The van der Waals surface area contributed by atoms with Crippen molar-refractivity contribution >= 4 is 10.0 Å². The minimum atomic E-state index is -4.87. The van der Waals surface area contributed by atoms with Crippen molar-refractivity contribution in [3.8, 4) is 5.75 Å². The van der Waals surface area contributed by atoms with E-state index < -0.39 is 22.1 Å². The second-order valence-corrected chi connectivity index (χ2v) is 6.93. The summed E-state index contributed by atoms with van der Waals surface area (Å²) in [7, 11) is -2.02. The average molecular weight is 354 g/mol. The molecule has 1 aromatic rings. The number of likely N-dealkylation sites (N-methyl/N-ethyl adjacent to an activating group) is 1. The summed E-state index contributed by atoms with van der Waals surface area (Å²) in [5.74, 6) is -0.572. The van der Waals surface area contributed by atoms with Gasteiger partial charge in [-0.1, -0.05) is 13.0 Å². The predicted molar refractivity (Wildman–Crippen MR) is 80.7 cm³/mol. The van der Waals surface area contributed by atoms with Gasteiger partial charge in [-0.3, -0.25) is 0 Å². The lowest BCUT2D eigenvalue weighted by Crippen LogP contribution is -2.37. The van der Waals surface area contributed by atoms with E-state index in [0.29, 0.717) is 12.6 Å². The fourth-order valence-corrected chi connectivity index (χ4v) is 2.87. The topological polar surface area (TPSA) is 58.6 Å². The summed E-state index contributed by atoms with van der Waals surface area (Å²) in [6, 6.07) is 4.60. The van der Waals surface area contributed by atoms with Gasteiger partial charge in [-0.05, 0) is 32.5 Å². The maximum Gasteiger partial charge on any atom is 0.573 e. The van der Waals surface area contributed by atoms with Crippen molar-refractivity contribution < 1.29 is 26.3 Å². The van der Waals surface area contributed by atoms with Gasteiger partial charge in [0.15, 0.2) is 0 Å². The Balaban J connectivity index is 2.71. The van der Waals surface area contributed by atoms with Crippen LogP contribution in [-0.4, -0.2) is 45.9 Å². The molecule has 1 unspecified atom stereocenters. The van der Waals surface area contributed by atoms with Crippen molar-refractivity contribution in [3.05, 3.63) is 24.3 Å². The Morgan fingerprint density at radius 3 is 2.57 bits per heavy atom. The number of hydrogen-bond acceptors (Lipinski definition) is 4. The Kier molecular flexibility index (Phi) is 6.84. The molecule has 0 aliphatic rings. The third-order valence-corrected chi connectivity index (χ3v) is 4.91. The molecule has 23 heavy (non-hydrogen) atoms. The van der Waals surface area contributed by atoms with Gasteiger partial charge in [0.05, 0.1) is 4.90 Å². The fourth-order valence-electron chi connectivity index (χ4n) is 1.81. The van der Waals surface area contributed by atoms with E-state index in [2.05, 4.69) is 9.46 Å². The summed E-state index contributed by atoms with van der Waals surface area (Å²) >= 11 is 0. The SMILES string of the molecule is CCC(C)N(C)CCNS(=O)(=O)c1cccc(OC(F)(F)F)c1. The molecular formula is C14H21F3N2O3S. The molecule has 0 radical (unpaired) electrons. The summed E-state index contributed by atoms with van der Waals surface area (Å²) in [5.41, 5.74) is 0. The summed E-state index contributed by atoms with van der Waals surface area (Å²) in [5, 5.41) is 0. The first kappa shape index (κ1) is 19.7. The Morgan fingerprint density at radius 2 is 2.00 bits per heavy atom. The third-order valence-electron chi connectivity index (χ3n) is 3.45. The maximum atomic E-state index is 12.2. The Hall–Kier alpha value is -1.32. The van der Waals surface area contributed by atoms with Gasteiger partial charge in [0.1, 0.15) is 5.75 Å². The first-order valence-corrected chi connectivity index (χ1v) is 8.59. The van der Waals surface area contributed by atoms with Crippen LogP contribution in [0.5, 0.6) is 5.75 Å². The van der Waals surface area contributed by atoms with Crippen molar-refractivity contribution in [1.29, 1.82) is 0 Å². The molecule has 0 heterocycles. The molecule has 0 saturated heterocycles. The summed E-state index contributed by atoms with van der Waals surface area (Å²) < 4.78 is 66.8. The van der Waals surface area contributed by atoms with Crippen LogP contribution in [0.15, 0.2) is 29.2 Å². The van der Waals surface area contributed by atoms with Crippen LogP contribution in [0.1, 0.15) is 20.3 Å². The highest BCUT2D eigenvalue weighted by atomic mass is 32.2. The van der Waals surface area contributed by atoms with E-state index in [4.69, 9.17) is 0 Å². The van der Waals surface area contributed by atoms with Gasteiger partial charge in [0.25, 0.3) is 0 Å². The fraction of sp³-hybridized carbons (Fsp3) is 0.571. The molecule has 0 aromatic heterocycles. The van der Waals surface area contributed by atoms with Crippen LogP contribution < -0.4 is 9.46 Å². The molecule has 1 atom stereocenters. The zero-order valence-corrected chi connectivity index (χ0v) is 14.0. The molecule has 0 amide bonds. The van der Waals surface area contributed by atoms with Gasteiger partial charge in [-0.2, -0.15) is 0 Å². The number of halogens is 3. The van der Waals surface area contributed by atoms with Gasteiger partial charge in [0, 0.05) is 25.2 Å². The maximum absolute atomic E-state index is 12.2. The van der Waals surface area contributed by atoms with Crippen LogP contribution in [0.3, 0.4) is 0 Å². The van der Waals surface area contributed by atoms with Crippen molar-refractivity contribution in [2.24, 2.45) is 0 Å². The molecule has 0 fully saturated rings. The van der Waals surface area contributed by atoms with Crippen LogP contribution in [0.2, 0.25) is 0 Å². The van der Waals surface area contributed by atoms with Gasteiger partial charge in [-0.25, -0.2) is 13.1 Å². The van der Waals surface area contributed by atoms with Crippen molar-refractivity contribution in [2.45, 2.75) is 37.6 Å². The molecule has 1 rings (SSSR count). The monoisotopic (exact) mass is 354 g/mol. The van der Waals surface area contributed by atoms with Crippen molar-refractivity contribution in [2.75, 3.05) is 20.1 Å². The molecule has 0 aliphatic heterocycles. The largest absolute Gasteiger partial charge is 0.573 e. The minimum absolute atomic E-state index is 0.160. The first-order chi connectivity index (χ1) is 10.5. The quantitative estimate of drug-likeness (QED) is 0.780. The van der Waals surface area contributed by atoms with Gasteiger partial charge in [0.2, 0.25) is 10.0 Å². The number of hydrogen-bond donors (Lipinski definition) is 1. The Labute approximate surface area is 134 Å². The van der Waals surface area contributed by atoms with E-state index in [1.807, 2.05) is 25.8 Å². The molecule has 9 heteroatoms. The van der Waals surface area contributed by atoms with Crippen molar-refractivity contribution in [1.82, 2.24) is 9.62 Å². The van der Waals surface area contributed by atoms with Crippen molar-refractivity contribution in [3.63, 3.8) is 0 Å². The van der Waals surface area contributed by atoms with E-state index in [9.17, 15) is 21.6 Å². The predicted octanol–water partition coefficient (Wildman–Crippen LogP) is 2.59. The smallest absolute Gasteiger partial charge is 0.406 e. The second-order valence-electron chi connectivity index (χ2n) is 5.16. The lowest BCUT2D eigenvalue weighted by atomic mass is 10.2. The van der Waals surface area contributed by atoms with Crippen LogP contribution in [0.4, 0.5) is 13.2 Å². The molecule has 1 aromatic carbocycles. The van der Waals surface area contributed by atoms with Crippen LogP contribution in [-0.2, 0) is 10.0 Å². The summed E-state index contributed by atoms with van der Waals surface area (Å²) in [6.45, 7) is 4.70. The number of nitrogens with zero attached hydrogens (tertiary/aromatic N) is 1. The van der Waals surface area contributed by atoms with Crippen LogP contribution >= 0.6 is 0 Å². The highest BCUT2D eigenvalue weighted by Gasteiger charge is 2.31. The minimum Gasteiger partial charge on any atom is -0.406 e. The second kappa shape index (κ2) is 7.98. The zero-order chi connectivity index (χ0) is 17.7. The Bertz CT molecular complexity index is 606. The lowest BCUT2D eigenvalue weighted by molar-refractivity contribution is -0.274. The van der Waals surface area contributed by atoms with E-state index >= 15 is 0 Å². The standard InChI is InChI=1S/C14H21F3N2O3S/c1-4-11(2)19(3)9-8-18-23(20,21)13-7-5-6-12(10-13)22-14(15,16)17/h5-7,10-11,18H,4,8-9H2,1-3H3. The summed E-state index contributed by atoms with van der Waals surface area (Å²) in [4.78, 5) is 1.72. The van der Waals surface area contributed by atoms with E-state index in [1.165, 1.54) is 12.1 Å². The van der Waals surface area contributed by atoms with Gasteiger partial charge in [-0.15, -0.1) is 13.2 Å². The number of sulfonamides is 1. The lowest BCUT2D eigenvalue weighted by Gasteiger charge is -2.23. The molecule has 132 valence electrons. The van der Waals surface area contributed by atoms with Gasteiger partial charge >= 0.3 is 6.36 Å². The van der Waals surface area contributed by atoms with Crippen LogP contribution in [0, 0.1) is 0 Å². The third kappa shape index (κ3) is 6.76. The highest BCUT2D eigenvalue weighted by molar-refractivity contribution is 7.89. The number of nitrogens with one attached hydrogen (secondary N) is 1. The van der Waals surface area contributed by atoms with E-state index in [0.717, 1.165) is 18.6 Å². The molecular weight excluding hydrogens is 333 g/mol. The highest BCUT2D eigenvalue weighted by Crippen LogP contribution is 2.24. The summed E-state index contributed by atoms with van der Waals surface area (Å²) in [6.07, 6.45) is -3.94. The molecule has 0 aliphatic carbocycles. The van der Waals surface area contributed by atoms with Gasteiger partial charge < -0.3 is 9.64 Å². The number of alkyl halides is 3. The molecule has 0 saturated carbocycles. The number of rotatable bonds is 8. The molecule has 5 nitrogen and oxygen atoms in total. The first-order valence-electron chi connectivity index (χ1n) is 7.11. The molecule has 1 N–H and O–H groups in total. The molecule has 0 spiro atoms. The van der Waals surface area contributed by atoms with Crippen LogP contribution in [0.25, 0.3) is 0 Å². The number of benzene rings is 1. The zero-order valence-electron chi connectivity index (χ0n) is 13.2. The Morgan fingerprint density at radius 1 is 1.35 bits per heavy atom. The number of ether oxygens (including phenoxy) is 1. The average Bonchev–Trinajstić information content (AvgIpc) is 2.44. The van der Waals surface area contributed by atoms with E-state index in [1.54, 1.807) is 0 Å². The normalized spacial score (nSPS) is 14.0. The molecule has 0 bridgehead atoms. The van der Waals surface area contributed by atoms with E-state index in [-0.39, 0.29) is 11.4 Å².